The lowest BCUT2D eigenvalue weighted by Gasteiger charge is -2.34. The molecular weight excluding hydrogens is 320 g/mol. The third kappa shape index (κ3) is 3.13. The average molecular weight is 344 g/mol. The molecule has 1 aliphatic carbocycles. The highest BCUT2D eigenvalue weighted by atomic mass is 16.5. The van der Waals surface area contributed by atoms with E-state index in [9.17, 15) is 14.4 Å². The maximum atomic E-state index is 12.8. The van der Waals surface area contributed by atoms with E-state index in [1.54, 1.807) is 6.07 Å². The number of benzene rings is 1. The monoisotopic (exact) mass is 344 g/mol. The Morgan fingerprint density at radius 2 is 2.00 bits per heavy atom. The molecule has 0 amide bonds. The minimum absolute atomic E-state index is 0.178. The number of ether oxygens (including phenoxy) is 1. The molecule has 0 spiro atoms. The molecule has 3 rings (SSSR count). The first-order chi connectivity index (χ1) is 11.9. The van der Waals surface area contributed by atoms with Gasteiger partial charge in [-0.05, 0) is 57.1 Å². The number of rotatable bonds is 3. The minimum atomic E-state index is -0.456. The van der Waals surface area contributed by atoms with Gasteiger partial charge in [-0.2, -0.15) is 0 Å². The van der Waals surface area contributed by atoms with E-state index in [0.29, 0.717) is 30.3 Å². The van der Waals surface area contributed by atoms with Crippen LogP contribution >= 0.6 is 0 Å². The highest BCUT2D eigenvalue weighted by Crippen LogP contribution is 2.39. The minimum Gasteiger partial charge on any atom is -0.469 e. The largest absolute Gasteiger partial charge is 0.469 e. The van der Waals surface area contributed by atoms with Crippen LogP contribution in [0.15, 0.2) is 27.8 Å². The summed E-state index contributed by atoms with van der Waals surface area (Å²) in [5.74, 6) is 0.0280. The molecule has 0 aliphatic heterocycles. The van der Waals surface area contributed by atoms with E-state index in [1.165, 1.54) is 11.7 Å². The summed E-state index contributed by atoms with van der Waals surface area (Å²) in [5.41, 5.74) is 0.368. The van der Waals surface area contributed by atoms with E-state index in [0.717, 1.165) is 18.4 Å². The van der Waals surface area contributed by atoms with Crippen LogP contribution in [0.4, 0.5) is 0 Å². The Labute approximate surface area is 145 Å². The summed E-state index contributed by atoms with van der Waals surface area (Å²) in [5, 5.41) is 0.567. The first-order valence-electron chi connectivity index (χ1n) is 8.66. The molecule has 1 aromatic heterocycles. The molecule has 0 radical (unpaired) electrons. The first kappa shape index (κ1) is 17.5. The number of esters is 1. The Kier molecular flexibility index (Phi) is 4.54. The number of carbonyl (C=O) groups is 1. The summed E-state index contributed by atoms with van der Waals surface area (Å²) in [4.78, 5) is 39.9. The van der Waals surface area contributed by atoms with Gasteiger partial charge in [0, 0.05) is 6.54 Å². The molecule has 1 saturated carbocycles. The van der Waals surface area contributed by atoms with E-state index in [-0.39, 0.29) is 23.1 Å². The number of methoxy groups -OCH3 is 1. The number of aromatic amines is 1. The molecule has 134 valence electrons. The van der Waals surface area contributed by atoms with E-state index in [1.807, 2.05) is 26.0 Å². The smallest absolute Gasteiger partial charge is 0.328 e. The molecule has 0 saturated heterocycles. The van der Waals surface area contributed by atoms with Crippen molar-refractivity contribution in [3.8, 4) is 0 Å². The predicted octanol–water partition coefficient (Wildman–Crippen LogP) is 2.37. The Morgan fingerprint density at radius 1 is 1.32 bits per heavy atom. The Balaban J connectivity index is 1.86. The summed E-state index contributed by atoms with van der Waals surface area (Å²) in [6, 6.07) is 5.44. The first-order valence-corrected chi connectivity index (χ1v) is 8.66. The van der Waals surface area contributed by atoms with E-state index in [4.69, 9.17) is 4.74 Å². The van der Waals surface area contributed by atoms with Gasteiger partial charge in [0.25, 0.3) is 5.56 Å². The lowest BCUT2D eigenvalue weighted by molar-refractivity contribution is -0.154. The number of carbonyl (C=O) groups excluding carboxylic acids is 1. The molecule has 0 bridgehead atoms. The van der Waals surface area contributed by atoms with Crippen molar-refractivity contribution < 1.29 is 9.53 Å². The normalized spacial score (nSPS) is 23.6. The molecular formula is C19H24N2O4. The van der Waals surface area contributed by atoms with E-state index < -0.39 is 5.41 Å². The van der Waals surface area contributed by atoms with Crippen molar-refractivity contribution in [2.24, 2.45) is 11.3 Å². The zero-order valence-corrected chi connectivity index (χ0v) is 14.9. The van der Waals surface area contributed by atoms with Crippen molar-refractivity contribution in [1.82, 2.24) is 9.55 Å². The molecule has 1 heterocycles. The topological polar surface area (TPSA) is 81.2 Å². The van der Waals surface area contributed by atoms with Crippen LogP contribution in [0.25, 0.3) is 10.9 Å². The molecule has 1 aromatic carbocycles. The van der Waals surface area contributed by atoms with Gasteiger partial charge < -0.3 is 9.72 Å². The van der Waals surface area contributed by atoms with Crippen LogP contribution in [0.3, 0.4) is 0 Å². The third-order valence-electron chi connectivity index (χ3n) is 5.55. The van der Waals surface area contributed by atoms with Crippen LogP contribution in [0, 0.1) is 18.3 Å². The second-order valence-electron chi connectivity index (χ2n) is 7.34. The van der Waals surface area contributed by atoms with Gasteiger partial charge in [0.2, 0.25) is 0 Å². The van der Waals surface area contributed by atoms with Crippen molar-refractivity contribution in [2.45, 2.75) is 46.1 Å². The summed E-state index contributed by atoms with van der Waals surface area (Å²) >= 11 is 0. The zero-order chi connectivity index (χ0) is 18.2. The highest BCUT2D eigenvalue weighted by Gasteiger charge is 2.38. The fourth-order valence-electron chi connectivity index (χ4n) is 3.84. The molecule has 1 fully saturated rings. The Hall–Kier alpha value is -2.37. The second kappa shape index (κ2) is 6.50. The molecule has 0 unspecified atom stereocenters. The van der Waals surface area contributed by atoms with Crippen LogP contribution in [0.1, 0.15) is 38.2 Å². The molecule has 6 heteroatoms. The zero-order valence-electron chi connectivity index (χ0n) is 14.9. The van der Waals surface area contributed by atoms with Gasteiger partial charge in [-0.3, -0.25) is 14.2 Å². The van der Waals surface area contributed by atoms with Crippen LogP contribution < -0.4 is 11.2 Å². The third-order valence-corrected chi connectivity index (χ3v) is 5.55. The fraction of sp³-hybridized carbons (Fsp3) is 0.526. The SMILES string of the molecule is COC(=O)C1(C)CCC(Cn2c(=O)[nH]c3cccc(C)c3c2=O)CC1. The number of fused-ring (bicyclic) bond motifs is 1. The van der Waals surface area contributed by atoms with Gasteiger partial charge in [-0.25, -0.2) is 4.79 Å². The van der Waals surface area contributed by atoms with Crippen LogP contribution in [-0.4, -0.2) is 22.6 Å². The quantitative estimate of drug-likeness (QED) is 0.867. The van der Waals surface area contributed by atoms with Crippen molar-refractivity contribution >= 4 is 16.9 Å². The number of H-pyrrole nitrogens is 1. The summed E-state index contributed by atoms with van der Waals surface area (Å²) in [7, 11) is 1.41. The second-order valence-corrected chi connectivity index (χ2v) is 7.34. The number of aryl methyl sites for hydroxylation is 1. The maximum Gasteiger partial charge on any atom is 0.328 e. The maximum absolute atomic E-state index is 12.8. The predicted molar refractivity (Wildman–Crippen MR) is 95.6 cm³/mol. The lowest BCUT2D eigenvalue weighted by Crippen LogP contribution is -2.40. The standard InChI is InChI=1S/C19H24N2O4/c1-12-5-4-6-14-15(12)16(22)21(18(24)20-14)11-13-7-9-19(2,10-8-13)17(23)25-3/h4-6,13H,7-11H2,1-3H3,(H,20,24). The lowest BCUT2D eigenvalue weighted by atomic mass is 9.71. The van der Waals surface area contributed by atoms with Gasteiger partial charge in [-0.1, -0.05) is 12.1 Å². The van der Waals surface area contributed by atoms with Gasteiger partial charge in [0.15, 0.2) is 0 Å². The van der Waals surface area contributed by atoms with Crippen LogP contribution in [0.5, 0.6) is 0 Å². The molecule has 6 nitrogen and oxygen atoms in total. The molecule has 2 aromatic rings. The van der Waals surface area contributed by atoms with Gasteiger partial charge in [0.05, 0.1) is 23.4 Å². The average Bonchev–Trinajstić information content (AvgIpc) is 2.59. The van der Waals surface area contributed by atoms with Crippen molar-refractivity contribution in [3.05, 3.63) is 44.6 Å². The van der Waals surface area contributed by atoms with Crippen LogP contribution in [-0.2, 0) is 16.1 Å². The fourth-order valence-corrected chi connectivity index (χ4v) is 3.84. The molecule has 25 heavy (non-hydrogen) atoms. The van der Waals surface area contributed by atoms with E-state index >= 15 is 0 Å². The van der Waals surface area contributed by atoms with Crippen molar-refractivity contribution in [1.29, 1.82) is 0 Å². The Bertz CT molecular complexity index is 917. The van der Waals surface area contributed by atoms with Gasteiger partial charge in [0.1, 0.15) is 0 Å². The number of nitrogens with one attached hydrogen (secondary N) is 1. The summed E-state index contributed by atoms with van der Waals surface area (Å²) in [6.45, 7) is 4.18. The van der Waals surface area contributed by atoms with Crippen molar-refractivity contribution in [2.75, 3.05) is 7.11 Å². The summed E-state index contributed by atoms with van der Waals surface area (Å²) < 4.78 is 6.20. The Morgan fingerprint density at radius 3 is 2.64 bits per heavy atom. The summed E-state index contributed by atoms with van der Waals surface area (Å²) in [6.07, 6.45) is 3.01. The van der Waals surface area contributed by atoms with E-state index in [2.05, 4.69) is 4.98 Å². The number of nitrogens with zero attached hydrogens (tertiary/aromatic N) is 1. The number of hydrogen-bond acceptors (Lipinski definition) is 4. The van der Waals surface area contributed by atoms with Crippen molar-refractivity contribution in [3.63, 3.8) is 0 Å². The number of hydrogen-bond donors (Lipinski definition) is 1. The van der Waals surface area contributed by atoms with Gasteiger partial charge >= 0.3 is 11.7 Å². The molecule has 1 aliphatic rings. The van der Waals surface area contributed by atoms with Crippen LogP contribution in [0.2, 0.25) is 0 Å². The highest BCUT2D eigenvalue weighted by molar-refractivity contribution is 5.80. The molecule has 1 N–H and O–H groups in total. The number of aromatic nitrogens is 2. The van der Waals surface area contributed by atoms with Gasteiger partial charge in [-0.15, -0.1) is 0 Å². The molecule has 0 atom stereocenters.